The summed E-state index contributed by atoms with van der Waals surface area (Å²) in [4.78, 5) is 5.73. The zero-order valence-corrected chi connectivity index (χ0v) is 13.4. The number of hydrogen-bond donors (Lipinski definition) is 1. The van der Waals surface area contributed by atoms with E-state index in [9.17, 15) is 0 Å². The van der Waals surface area contributed by atoms with E-state index in [2.05, 4.69) is 29.7 Å². The van der Waals surface area contributed by atoms with Gasteiger partial charge in [-0.3, -0.25) is 4.84 Å². The zero-order chi connectivity index (χ0) is 14.6. The molecule has 0 unspecified atom stereocenters. The SMILES string of the molecule is c1ccc(CONC2CCCCCCCCCCC2)cc1. The normalized spacial score (nSPS) is 19.6. The van der Waals surface area contributed by atoms with Gasteiger partial charge < -0.3 is 0 Å². The third-order valence-corrected chi connectivity index (χ3v) is 4.44. The van der Waals surface area contributed by atoms with Gasteiger partial charge in [0.2, 0.25) is 0 Å². The molecule has 0 radical (unpaired) electrons. The first-order valence-electron chi connectivity index (χ1n) is 8.86. The highest BCUT2D eigenvalue weighted by Crippen LogP contribution is 2.17. The molecule has 1 aromatic carbocycles. The van der Waals surface area contributed by atoms with Crippen LogP contribution in [0, 0.1) is 0 Å². The van der Waals surface area contributed by atoms with E-state index in [-0.39, 0.29) is 0 Å². The van der Waals surface area contributed by atoms with Gasteiger partial charge in [-0.15, -0.1) is 0 Å². The van der Waals surface area contributed by atoms with E-state index in [0.717, 1.165) is 0 Å². The van der Waals surface area contributed by atoms with Crippen molar-refractivity contribution in [3.05, 3.63) is 35.9 Å². The van der Waals surface area contributed by atoms with E-state index in [4.69, 9.17) is 4.84 Å². The average molecular weight is 289 g/mol. The predicted molar refractivity (Wildman–Crippen MR) is 88.9 cm³/mol. The van der Waals surface area contributed by atoms with Crippen molar-refractivity contribution in [3.8, 4) is 0 Å². The number of nitrogens with one attached hydrogen (secondary N) is 1. The molecule has 0 amide bonds. The molecule has 1 aliphatic carbocycles. The summed E-state index contributed by atoms with van der Waals surface area (Å²) >= 11 is 0. The molecule has 1 saturated carbocycles. The Balaban J connectivity index is 1.67. The van der Waals surface area contributed by atoms with Crippen molar-refractivity contribution in [3.63, 3.8) is 0 Å². The van der Waals surface area contributed by atoms with Crippen LogP contribution in [0.5, 0.6) is 0 Å². The molecule has 2 heteroatoms. The molecule has 118 valence electrons. The first kappa shape index (κ1) is 16.5. The number of hydrogen-bond acceptors (Lipinski definition) is 2. The maximum Gasteiger partial charge on any atom is 0.0933 e. The molecule has 1 N–H and O–H groups in total. The van der Waals surface area contributed by atoms with E-state index < -0.39 is 0 Å². The molecule has 1 fully saturated rings. The molecule has 21 heavy (non-hydrogen) atoms. The van der Waals surface area contributed by atoms with Crippen LogP contribution in [0.3, 0.4) is 0 Å². The third kappa shape index (κ3) is 7.63. The summed E-state index contributed by atoms with van der Waals surface area (Å²) in [6.07, 6.45) is 15.1. The summed E-state index contributed by atoms with van der Waals surface area (Å²) in [7, 11) is 0. The Hall–Kier alpha value is -0.860. The van der Waals surface area contributed by atoms with Gasteiger partial charge in [0.1, 0.15) is 0 Å². The van der Waals surface area contributed by atoms with Crippen LogP contribution in [0.1, 0.15) is 76.2 Å². The lowest BCUT2D eigenvalue weighted by Gasteiger charge is -2.19. The van der Waals surface area contributed by atoms with Crippen molar-refractivity contribution in [2.75, 3.05) is 0 Å². The zero-order valence-electron chi connectivity index (χ0n) is 13.4. The average Bonchev–Trinajstić information content (AvgIpc) is 2.51. The summed E-state index contributed by atoms with van der Waals surface area (Å²) in [5, 5.41) is 0. The van der Waals surface area contributed by atoms with Gasteiger partial charge in [0.15, 0.2) is 0 Å². The predicted octanol–water partition coefficient (Wildman–Crippen LogP) is 5.38. The van der Waals surface area contributed by atoms with Crippen LogP contribution >= 0.6 is 0 Å². The van der Waals surface area contributed by atoms with Gasteiger partial charge >= 0.3 is 0 Å². The molecule has 0 bridgehead atoms. The molecule has 2 rings (SSSR count). The van der Waals surface area contributed by atoms with Crippen molar-refractivity contribution in [1.82, 2.24) is 5.48 Å². The molecule has 1 aromatic rings. The smallest absolute Gasteiger partial charge is 0.0933 e. The highest BCUT2D eigenvalue weighted by Gasteiger charge is 2.09. The molecule has 0 aliphatic heterocycles. The summed E-state index contributed by atoms with van der Waals surface area (Å²) in [6.45, 7) is 0.664. The van der Waals surface area contributed by atoms with E-state index >= 15 is 0 Å². The van der Waals surface area contributed by atoms with Crippen LogP contribution in [0.25, 0.3) is 0 Å². The van der Waals surface area contributed by atoms with Crippen LogP contribution in [-0.4, -0.2) is 6.04 Å². The molecule has 0 aromatic heterocycles. The minimum atomic E-state index is 0.535. The fourth-order valence-corrected chi connectivity index (χ4v) is 3.10. The monoisotopic (exact) mass is 289 g/mol. The van der Waals surface area contributed by atoms with Crippen molar-refractivity contribution in [1.29, 1.82) is 0 Å². The number of rotatable bonds is 4. The summed E-state index contributed by atoms with van der Waals surface area (Å²) in [5.41, 5.74) is 4.56. The van der Waals surface area contributed by atoms with Gasteiger partial charge in [-0.2, -0.15) is 5.48 Å². The second-order valence-corrected chi connectivity index (χ2v) is 6.35. The number of hydroxylamine groups is 1. The van der Waals surface area contributed by atoms with Gasteiger partial charge in [0.25, 0.3) is 0 Å². The second-order valence-electron chi connectivity index (χ2n) is 6.35. The Bertz CT molecular complexity index is 340. The van der Waals surface area contributed by atoms with Crippen molar-refractivity contribution < 1.29 is 4.84 Å². The van der Waals surface area contributed by atoms with Crippen molar-refractivity contribution in [2.45, 2.75) is 83.3 Å². The molecule has 0 heterocycles. The van der Waals surface area contributed by atoms with Crippen LogP contribution in [-0.2, 0) is 11.4 Å². The summed E-state index contributed by atoms with van der Waals surface area (Å²) in [6, 6.07) is 10.9. The van der Waals surface area contributed by atoms with Crippen LogP contribution in [0.4, 0.5) is 0 Å². The molecule has 2 nitrogen and oxygen atoms in total. The van der Waals surface area contributed by atoms with E-state index in [0.29, 0.717) is 12.6 Å². The largest absolute Gasteiger partial charge is 0.297 e. The fourth-order valence-electron chi connectivity index (χ4n) is 3.10. The first-order valence-corrected chi connectivity index (χ1v) is 8.86. The lowest BCUT2D eigenvalue weighted by Crippen LogP contribution is -2.29. The summed E-state index contributed by atoms with van der Waals surface area (Å²) in [5.74, 6) is 0. The molecular weight excluding hydrogens is 258 g/mol. The van der Waals surface area contributed by atoms with E-state index in [1.54, 1.807) is 0 Å². The molecule has 0 spiro atoms. The lowest BCUT2D eigenvalue weighted by molar-refractivity contribution is -0.00139. The van der Waals surface area contributed by atoms with Crippen molar-refractivity contribution in [2.24, 2.45) is 0 Å². The van der Waals surface area contributed by atoms with Crippen molar-refractivity contribution >= 4 is 0 Å². The first-order chi connectivity index (χ1) is 10.4. The molecule has 0 atom stereocenters. The Labute approximate surface area is 130 Å². The van der Waals surface area contributed by atoms with E-state index in [1.165, 1.54) is 76.2 Å². The molecule has 0 saturated heterocycles. The van der Waals surface area contributed by atoms with Gasteiger partial charge in [-0.25, -0.2) is 0 Å². The maximum absolute atomic E-state index is 5.73. The van der Waals surface area contributed by atoms with Gasteiger partial charge in [0.05, 0.1) is 6.61 Å². The van der Waals surface area contributed by atoms with Gasteiger partial charge in [-0.05, 0) is 18.4 Å². The summed E-state index contributed by atoms with van der Waals surface area (Å²) < 4.78 is 0. The maximum atomic E-state index is 5.73. The Morgan fingerprint density at radius 3 is 1.86 bits per heavy atom. The topological polar surface area (TPSA) is 21.3 Å². The van der Waals surface area contributed by atoms with Crippen LogP contribution < -0.4 is 5.48 Å². The van der Waals surface area contributed by atoms with Crippen LogP contribution in [0.15, 0.2) is 30.3 Å². The number of benzene rings is 1. The highest BCUT2D eigenvalue weighted by molar-refractivity contribution is 5.13. The standard InChI is InChI=1S/C19H31NO/c1-2-4-6-11-15-19(16-12-7-5-3-1)20-21-17-18-13-9-8-10-14-18/h8-10,13-14,19-20H,1-7,11-12,15-17H2. The second kappa shape index (κ2) is 10.8. The van der Waals surface area contributed by atoms with E-state index in [1.807, 2.05) is 6.07 Å². The minimum absolute atomic E-state index is 0.535. The minimum Gasteiger partial charge on any atom is -0.297 e. The Kier molecular flexibility index (Phi) is 8.50. The molecular formula is C19H31NO. The third-order valence-electron chi connectivity index (χ3n) is 4.44. The molecule has 1 aliphatic rings. The highest BCUT2D eigenvalue weighted by atomic mass is 16.6. The van der Waals surface area contributed by atoms with Gasteiger partial charge in [0, 0.05) is 6.04 Å². The fraction of sp³-hybridized carbons (Fsp3) is 0.684. The Morgan fingerprint density at radius 2 is 1.29 bits per heavy atom. The van der Waals surface area contributed by atoms with Crippen LogP contribution in [0.2, 0.25) is 0 Å². The lowest BCUT2D eigenvalue weighted by atomic mass is 9.98. The van der Waals surface area contributed by atoms with Gasteiger partial charge in [-0.1, -0.05) is 88.1 Å². The quantitative estimate of drug-likeness (QED) is 0.751. The Morgan fingerprint density at radius 1 is 0.762 bits per heavy atom.